The maximum atomic E-state index is 13.2. The summed E-state index contributed by atoms with van der Waals surface area (Å²) in [6, 6.07) is 0.130. The molecule has 2 fully saturated rings. The van der Waals surface area contributed by atoms with E-state index in [1.54, 1.807) is 0 Å². The molecule has 76 valence electrons. The van der Waals surface area contributed by atoms with Gasteiger partial charge < -0.3 is 10.0 Å². The van der Waals surface area contributed by atoms with Crippen LogP contribution in [0, 0.1) is 0 Å². The highest BCUT2D eigenvalue weighted by molar-refractivity contribution is 4.97. The number of halogens is 2. The molecule has 0 radical (unpaired) electrons. The van der Waals surface area contributed by atoms with E-state index in [4.69, 9.17) is 0 Å². The summed E-state index contributed by atoms with van der Waals surface area (Å²) in [5.41, 5.74) is 0. The highest BCUT2D eigenvalue weighted by Gasteiger charge is 2.49. The Labute approximate surface area is 76.5 Å². The van der Waals surface area contributed by atoms with Gasteiger partial charge in [0.25, 0.3) is 5.92 Å². The van der Waals surface area contributed by atoms with E-state index in [9.17, 15) is 13.9 Å². The van der Waals surface area contributed by atoms with E-state index in [2.05, 4.69) is 0 Å². The van der Waals surface area contributed by atoms with Crippen LogP contribution in [0.5, 0.6) is 0 Å². The van der Waals surface area contributed by atoms with Gasteiger partial charge in [-0.1, -0.05) is 0 Å². The molecule has 3 unspecified atom stereocenters. The van der Waals surface area contributed by atoms with Gasteiger partial charge in [-0.15, -0.1) is 0 Å². The van der Waals surface area contributed by atoms with Crippen molar-refractivity contribution in [3.8, 4) is 0 Å². The van der Waals surface area contributed by atoms with Gasteiger partial charge in [0.1, 0.15) is 6.10 Å². The lowest BCUT2D eigenvalue weighted by Gasteiger charge is -2.23. The van der Waals surface area contributed by atoms with Crippen molar-refractivity contribution in [1.82, 2.24) is 4.90 Å². The van der Waals surface area contributed by atoms with Crippen molar-refractivity contribution in [1.29, 1.82) is 0 Å². The number of hydrogen-bond donors (Lipinski definition) is 1. The quantitative estimate of drug-likeness (QED) is 0.622. The van der Waals surface area contributed by atoms with Crippen molar-refractivity contribution in [3.05, 3.63) is 0 Å². The molecule has 2 rings (SSSR count). The lowest BCUT2D eigenvalue weighted by atomic mass is 9.95. The van der Waals surface area contributed by atoms with Gasteiger partial charge in [0.2, 0.25) is 0 Å². The highest BCUT2D eigenvalue weighted by atomic mass is 19.3. The summed E-state index contributed by atoms with van der Waals surface area (Å²) in [6.07, 6.45) is 0.407. The molecule has 2 nitrogen and oxygen atoms in total. The number of hydrogen-bond acceptors (Lipinski definition) is 2. The number of aliphatic hydroxyl groups is 1. The predicted octanol–water partition coefficient (Wildman–Crippen LogP) is 1.24. The Bertz CT molecular complexity index is 210. The summed E-state index contributed by atoms with van der Waals surface area (Å²) in [4.78, 5) is 2.00. The Hall–Kier alpha value is -0.220. The molecule has 13 heavy (non-hydrogen) atoms. The van der Waals surface area contributed by atoms with E-state index in [0.717, 1.165) is 12.8 Å². The van der Waals surface area contributed by atoms with Gasteiger partial charge in [0, 0.05) is 18.5 Å². The van der Waals surface area contributed by atoms with E-state index < -0.39 is 12.0 Å². The van der Waals surface area contributed by atoms with Crippen molar-refractivity contribution < 1.29 is 13.9 Å². The van der Waals surface area contributed by atoms with Gasteiger partial charge in [-0.3, -0.25) is 0 Å². The normalized spacial score (nSPS) is 44.8. The van der Waals surface area contributed by atoms with Crippen LogP contribution in [-0.2, 0) is 0 Å². The third kappa shape index (κ3) is 1.46. The van der Waals surface area contributed by atoms with Gasteiger partial charge >= 0.3 is 0 Å². The predicted molar refractivity (Wildman–Crippen MR) is 44.8 cm³/mol. The molecule has 2 heterocycles. The topological polar surface area (TPSA) is 23.5 Å². The molecular weight excluding hydrogens is 176 g/mol. The Morgan fingerprint density at radius 1 is 1.31 bits per heavy atom. The molecule has 2 aliphatic heterocycles. The van der Waals surface area contributed by atoms with Crippen molar-refractivity contribution in [2.24, 2.45) is 0 Å². The molecule has 1 N–H and O–H groups in total. The summed E-state index contributed by atoms with van der Waals surface area (Å²) in [6.45, 7) is 0. The molecule has 4 heteroatoms. The second-order valence-corrected chi connectivity index (χ2v) is 4.27. The molecule has 2 saturated heterocycles. The molecule has 0 spiro atoms. The molecule has 0 amide bonds. The maximum Gasteiger partial charge on any atom is 0.275 e. The number of alkyl halides is 2. The Morgan fingerprint density at radius 2 is 1.92 bits per heavy atom. The fraction of sp³-hybridized carbons (Fsp3) is 1.00. The monoisotopic (exact) mass is 191 g/mol. The van der Waals surface area contributed by atoms with E-state index >= 15 is 0 Å². The summed E-state index contributed by atoms with van der Waals surface area (Å²) < 4.78 is 26.4. The number of aliphatic hydroxyl groups excluding tert-OH is 1. The van der Waals surface area contributed by atoms with Crippen molar-refractivity contribution in [2.45, 2.75) is 49.8 Å². The summed E-state index contributed by atoms with van der Waals surface area (Å²) >= 11 is 0. The van der Waals surface area contributed by atoms with Gasteiger partial charge in [0.15, 0.2) is 0 Å². The van der Waals surface area contributed by atoms with Crippen LogP contribution in [0.25, 0.3) is 0 Å². The minimum atomic E-state index is -2.88. The first-order chi connectivity index (χ1) is 6.00. The van der Waals surface area contributed by atoms with E-state index in [-0.39, 0.29) is 24.9 Å². The number of nitrogens with zero attached hydrogens (tertiary/aromatic N) is 1. The van der Waals surface area contributed by atoms with Crippen LogP contribution in [0.1, 0.15) is 25.7 Å². The molecule has 2 bridgehead atoms. The molecule has 0 aliphatic carbocycles. The highest BCUT2D eigenvalue weighted by Crippen LogP contribution is 2.40. The van der Waals surface area contributed by atoms with Crippen molar-refractivity contribution in [2.75, 3.05) is 7.05 Å². The van der Waals surface area contributed by atoms with Gasteiger partial charge in [-0.25, -0.2) is 8.78 Å². The first-order valence-corrected chi connectivity index (χ1v) is 4.78. The molecule has 0 saturated carbocycles. The largest absolute Gasteiger partial charge is 0.387 e. The standard InChI is InChI=1S/C9H15F2NO/c1-12-6-2-3-7(12)5-9(10,11)8(13)4-6/h6-8,13H,2-5H2,1H3. The molecule has 0 aromatic heterocycles. The summed E-state index contributed by atoms with van der Waals surface area (Å²) in [5.74, 6) is -2.88. The smallest absolute Gasteiger partial charge is 0.275 e. The third-order valence-corrected chi connectivity index (χ3v) is 3.48. The average molecular weight is 191 g/mol. The Morgan fingerprint density at radius 3 is 2.62 bits per heavy atom. The fourth-order valence-electron chi connectivity index (χ4n) is 2.50. The minimum absolute atomic E-state index is 0.0304. The lowest BCUT2D eigenvalue weighted by molar-refractivity contribution is -0.117. The molecule has 2 aliphatic rings. The van der Waals surface area contributed by atoms with E-state index in [1.807, 2.05) is 11.9 Å². The van der Waals surface area contributed by atoms with Crippen LogP contribution in [0.3, 0.4) is 0 Å². The number of rotatable bonds is 0. The molecular formula is C9H15F2NO. The first kappa shape index (κ1) is 9.34. The summed E-state index contributed by atoms with van der Waals surface area (Å²) in [7, 11) is 1.89. The van der Waals surface area contributed by atoms with Crippen LogP contribution < -0.4 is 0 Å². The van der Waals surface area contributed by atoms with E-state index in [0.29, 0.717) is 0 Å². The Kier molecular flexibility index (Phi) is 2.07. The van der Waals surface area contributed by atoms with Crippen LogP contribution in [0.4, 0.5) is 8.78 Å². The second-order valence-electron chi connectivity index (χ2n) is 4.27. The van der Waals surface area contributed by atoms with Crippen LogP contribution in [0.15, 0.2) is 0 Å². The number of fused-ring (bicyclic) bond motifs is 2. The van der Waals surface area contributed by atoms with Crippen molar-refractivity contribution >= 4 is 0 Å². The van der Waals surface area contributed by atoms with E-state index in [1.165, 1.54) is 0 Å². The summed E-state index contributed by atoms with van der Waals surface area (Å²) in [5, 5.41) is 9.28. The van der Waals surface area contributed by atoms with Crippen LogP contribution >= 0.6 is 0 Å². The van der Waals surface area contributed by atoms with Crippen LogP contribution in [0.2, 0.25) is 0 Å². The minimum Gasteiger partial charge on any atom is -0.387 e. The molecule has 0 aromatic rings. The molecule has 0 aromatic carbocycles. The zero-order valence-electron chi connectivity index (χ0n) is 7.71. The Balaban J connectivity index is 2.19. The van der Waals surface area contributed by atoms with Gasteiger partial charge in [0.05, 0.1) is 0 Å². The van der Waals surface area contributed by atoms with Crippen LogP contribution in [-0.4, -0.2) is 41.2 Å². The zero-order chi connectivity index (χ0) is 9.64. The average Bonchev–Trinajstić information content (AvgIpc) is 2.31. The zero-order valence-corrected chi connectivity index (χ0v) is 7.71. The first-order valence-electron chi connectivity index (χ1n) is 4.78. The van der Waals surface area contributed by atoms with Gasteiger partial charge in [-0.05, 0) is 26.3 Å². The third-order valence-electron chi connectivity index (χ3n) is 3.48. The molecule has 3 atom stereocenters. The fourth-order valence-corrected chi connectivity index (χ4v) is 2.50. The lowest BCUT2D eigenvalue weighted by Crippen LogP contribution is -2.36. The SMILES string of the molecule is CN1C2CCC1CC(F)(F)C(O)C2. The maximum absolute atomic E-state index is 13.2. The van der Waals surface area contributed by atoms with Gasteiger partial charge in [-0.2, -0.15) is 0 Å². The van der Waals surface area contributed by atoms with Crippen molar-refractivity contribution in [3.63, 3.8) is 0 Å². The second kappa shape index (κ2) is 2.89.